The maximum absolute atomic E-state index is 10.4. The van der Waals surface area contributed by atoms with Crippen molar-refractivity contribution in [3.05, 3.63) is 18.0 Å². The Morgan fingerprint density at radius 3 is 3.09 bits per heavy atom. The largest absolute Gasteiger partial charge is 0.481 e. The summed E-state index contributed by atoms with van der Waals surface area (Å²) in [7, 11) is 0. The Labute approximate surface area is 62.8 Å². The van der Waals surface area contributed by atoms with E-state index in [1.165, 1.54) is 6.26 Å². The number of aromatic nitrogens is 1. The molecule has 4 nitrogen and oxygen atoms in total. The zero-order valence-electron chi connectivity index (χ0n) is 5.73. The van der Waals surface area contributed by atoms with Crippen molar-refractivity contribution in [3.63, 3.8) is 0 Å². The quantitative estimate of drug-likeness (QED) is 0.684. The van der Waals surface area contributed by atoms with Crippen molar-refractivity contribution in [2.75, 3.05) is 0 Å². The van der Waals surface area contributed by atoms with Crippen LogP contribution in [0.4, 0.5) is 0 Å². The van der Waals surface area contributed by atoms with Crippen molar-refractivity contribution in [1.82, 2.24) is 5.16 Å². The first-order chi connectivity index (χ1) is 5.29. The van der Waals surface area contributed by atoms with Crippen molar-refractivity contribution < 1.29 is 14.4 Å². The number of rotatable bonds is 2. The number of carboxylic acid groups (broad SMARTS) is 1. The van der Waals surface area contributed by atoms with Crippen molar-refractivity contribution >= 4 is 5.97 Å². The van der Waals surface area contributed by atoms with Gasteiger partial charge in [-0.15, -0.1) is 0 Å². The van der Waals surface area contributed by atoms with Gasteiger partial charge in [-0.3, -0.25) is 4.79 Å². The molecule has 1 N–H and O–H groups in total. The molecule has 1 heterocycles. The van der Waals surface area contributed by atoms with Gasteiger partial charge in [0.25, 0.3) is 0 Å². The van der Waals surface area contributed by atoms with Crippen LogP contribution in [0, 0.1) is 5.92 Å². The van der Waals surface area contributed by atoms with Crippen LogP contribution in [0.25, 0.3) is 0 Å². The Bertz CT molecular complexity index is 267. The van der Waals surface area contributed by atoms with E-state index in [1.807, 2.05) is 0 Å². The van der Waals surface area contributed by atoms with Gasteiger partial charge >= 0.3 is 5.97 Å². The summed E-state index contributed by atoms with van der Waals surface area (Å²) in [5.41, 5.74) is 0.761. The minimum absolute atomic E-state index is 0.0891. The Hall–Kier alpha value is -1.32. The number of hydrogen-bond donors (Lipinski definition) is 1. The van der Waals surface area contributed by atoms with E-state index in [9.17, 15) is 4.79 Å². The van der Waals surface area contributed by atoms with Crippen LogP contribution >= 0.6 is 0 Å². The monoisotopic (exact) mass is 153 g/mol. The highest BCUT2D eigenvalue weighted by atomic mass is 16.5. The van der Waals surface area contributed by atoms with Crippen molar-refractivity contribution in [2.24, 2.45) is 5.92 Å². The summed E-state index contributed by atoms with van der Waals surface area (Å²) in [6.07, 6.45) is 2.16. The third kappa shape index (κ3) is 1.00. The summed E-state index contributed by atoms with van der Waals surface area (Å²) in [4.78, 5) is 10.4. The summed E-state index contributed by atoms with van der Waals surface area (Å²) in [6.45, 7) is 0. The van der Waals surface area contributed by atoms with Crippen LogP contribution in [-0.2, 0) is 4.79 Å². The number of nitrogens with zero attached hydrogens (tertiary/aromatic N) is 1. The second kappa shape index (κ2) is 2.08. The SMILES string of the molecule is O=C(O)[C@@H]1C[C@H]1c1ccon1. The van der Waals surface area contributed by atoms with E-state index in [0.717, 1.165) is 5.69 Å². The molecule has 0 aromatic carbocycles. The zero-order valence-corrected chi connectivity index (χ0v) is 5.73. The van der Waals surface area contributed by atoms with E-state index in [2.05, 4.69) is 9.68 Å². The molecule has 1 aromatic rings. The molecule has 1 aliphatic carbocycles. The lowest BCUT2D eigenvalue weighted by Crippen LogP contribution is -1.98. The lowest BCUT2D eigenvalue weighted by molar-refractivity contribution is -0.138. The molecule has 1 saturated carbocycles. The van der Waals surface area contributed by atoms with Crippen LogP contribution in [0.1, 0.15) is 18.0 Å². The van der Waals surface area contributed by atoms with Gasteiger partial charge in [-0.2, -0.15) is 0 Å². The first kappa shape index (κ1) is 6.39. The van der Waals surface area contributed by atoms with Crippen LogP contribution in [0.15, 0.2) is 16.9 Å². The lowest BCUT2D eigenvalue weighted by atomic mass is 10.2. The van der Waals surface area contributed by atoms with Gasteiger partial charge < -0.3 is 9.63 Å². The maximum atomic E-state index is 10.4. The second-order valence-corrected chi connectivity index (χ2v) is 2.71. The van der Waals surface area contributed by atoms with Gasteiger partial charge in [0.1, 0.15) is 6.26 Å². The van der Waals surface area contributed by atoms with E-state index >= 15 is 0 Å². The fourth-order valence-corrected chi connectivity index (χ4v) is 1.21. The van der Waals surface area contributed by atoms with Crippen molar-refractivity contribution in [3.8, 4) is 0 Å². The van der Waals surface area contributed by atoms with Crippen LogP contribution in [0.2, 0.25) is 0 Å². The van der Waals surface area contributed by atoms with Crippen molar-refractivity contribution in [1.29, 1.82) is 0 Å². The molecular weight excluding hydrogens is 146 g/mol. The topological polar surface area (TPSA) is 63.3 Å². The molecule has 0 bridgehead atoms. The van der Waals surface area contributed by atoms with Gasteiger partial charge in [0.2, 0.25) is 0 Å². The predicted octanol–water partition coefficient (Wildman–Crippen LogP) is 0.863. The molecule has 0 aliphatic heterocycles. The molecule has 4 heteroatoms. The summed E-state index contributed by atoms with van der Waals surface area (Å²) in [5, 5.41) is 12.2. The highest BCUT2D eigenvalue weighted by Gasteiger charge is 2.45. The molecule has 0 radical (unpaired) electrons. The summed E-state index contributed by atoms with van der Waals surface area (Å²) in [6, 6.07) is 1.72. The summed E-state index contributed by atoms with van der Waals surface area (Å²) in [5.74, 6) is -0.885. The third-order valence-electron chi connectivity index (χ3n) is 1.95. The molecule has 1 fully saturated rings. The molecule has 2 atom stereocenters. The summed E-state index contributed by atoms with van der Waals surface area (Å²) < 4.78 is 4.60. The molecular formula is C7H7NO3. The molecule has 0 spiro atoms. The predicted molar refractivity (Wildman–Crippen MR) is 35.0 cm³/mol. The Morgan fingerprint density at radius 1 is 1.82 bits per heavy atom. The lowest BCUT2D eigenvalue weighted by Gasteiger charge is -1.86. The van der Waals surface area contributed by atoms with Crippen LogP contribution in [0.5, 0.6) is 0 Å². The Morgan fingerprint density at radius 2 is 2.64 bits per heavy atom. The van der Waals surface area contributed by atoms with E-state index < -0.39 is 5.97 Å². The zero-order chi connectivity index (χ0) is 7.84. The van der Waals surface area contributed by atoms with Crippen LogP contribution in [0.3, 0.4) is 0 Å². The van der Waals surface area contributed by atoms with Gasteiger partial charge in [0.05, 0.1) is 11.6 Å². The van der Waals surface area contributed by atoms with Gasteiger partial charge in [-0.25, -0.2) is 0 Å². The molecule has 2 rings (SSSR count). The molecule has 0 saturated heterocycles. The fourth-order valence-electron chi connectivity index (χ4n) is 1.21. The van der Waals surface area contributed by atoms with Gasteiger partial charge in [0, 0.05) is 12.0 Å². The molecule has 0 amide bonds. The first-order valence-electron chi connectivity index (χ1n) is 3.42. The van der Waals surface area contributed by atoms with E-state index in [-0.39, 0.29) is 11.8 Å². The third-order valence-corrected chi connectivity index (χ3v) is 1.95. The normalized spacial score (nSPS) is 28.4. The summed E-state index contributed by atoms with van der Waals surface area (Å²) >= 11 is 0. The van der Waals surface area contributed by atoms with Crippen LogP contribution < -0.4 is 0 Å². The minimum atomic E-state index is -0.738. The van der Waals surface area contributed by atoms with Gasteiger partial charge in [0.15, 0.2) is 0 Å². The average molecular weight is 153 g/mol. The number of aliphatic carboxylic acids is 1. The number of carbonyl (C=O) groups is 1. The van der Waals surface area contributed by atoms with E-state index in [1.54, 1.807) is 6.07 Å². The average Bonchev–Trinajstić information content (AvgIpc) is 2.60. The highest BCUT2D eigenvalue weighted by Crippen LogP contribution is 2.46. The molecule has 58 valence electrons. The van der Waals surface area contributed by atoms with Gasteiger partial charge in [-0.05, 0) is 6.42 Å². The molecule has 0 unspecified atom stereocenters. The van der Waals surface area contributed by atoms with Crippen molar-refractivity contribution in [2.45, 2.75) is 12.3 Å². The second-order valence-electron chi connectivity index (χ2n) is 2.71. The fraction of sp³-hybridized carbons (Fsp3) is 0.429. The standard InChI is InChI=1S/C7H7NO3/c9-7(10)5-3-4(5)6-1-2-11-8-6/h1-2,4-5H,3H2,(H,9,10)/t4-,5-/m1/s1. The van der Waals surface area contributed by atoms with Crippen LogP contribution in [-0.4, -0.2) is 16.2 Å². The van der Waals surface area contributed by atoms with E-state index in [0.29, 0.717) is 6.42 Å². The molecule has 1 aromatic heterocycles. The smallest absolute Gasteiger partial charge is 0.307 e. The van der Waals surface area contributed by atoms with Gasteiger partial charge in [-0.1, -0.05) is 5.16 Å². The molecule has 1 aliphatic rings. The Balaban J connectivity index is 2.08. The minimum Gasteiger partial charge on any atom is -0.481 e. The van der Waals surface area contributed by atoms with E-state index in [4.69, 9.17) is 5.11 Å². The number of carboxylic acids is 1. The highest BCUT2D eigenvalue weighted by molar-refractivity contribution is 5.74. The Kier molecular flexibility index (Phi) is 1.21. The first-order valence-corrected chi connectivity index (χ1v) is 3.42. The number of hydrogen-bond acceptors (Lipinski definition) is 3. The molecule has 11 heavy (non-hydrogen) atoms. The maximum Gasteiger partial charge on any atom is 0.307 e.